The van der Waals surface area contributed by atoms with Crippen molar-refractivity contribution in [1.29, 1.82) is 0 Å². The van der Waals surface area contributed by atoms with Crippen molar-refractivity contribution in [2.45, 2.75) is 44.5 Å². The number of nitrogens with one attached hydrogen (secondary N) is 1. The minimum atomic E-state index is -1.68. The molecule has 0 spiro atoms. The quantitative estimate of drug-likeness (QED) is 0.470. The molecule has 6 rings (SSSR count). The molecule has 1 aliphatic carbocycles. The Morgan fingerprint density at radius 3 is 2.86 bits per heavy atom. The van der Waals surface area contributed by atoms with Gasteiger partial charge in [0.2, 0.25) is 0 Å². The Morgan fingerprint density at radius 2 is 2.00 bits per heavy atom. The molecule has 2 aliphatic rings. The van der Waals surface area contributed by atoms with Gasteiger partial charge in [-0.05, 0) is 44.0 Å². The van der Waals surface area contributed by atoms with Gasteiger partial charge < -0.3 is 10.1 Å². The number of fused-ring (bicyclic) bond motifs is 2. The minimum Gasteiger partial charge on any atom is -0.371 e. The molecule has 8 nitrogen and oxygen atoms in total. The van der Waals surface area contributed by atoms with Gasteiger partial charge in [-0.15, -0.1) is 0 Å². The Kier molecular flexibility index (Phi) is 5.21. The maximum absolute atomic E-state index is 14.8. The first-order valence-electron chi connectivity index (χ1n) is 11.6. The molecule has 1 N–H and O–H groups in total. The average Bonchev–Trinajstić information content (AvgIpc) is 3.72. The van der Waals surface area contributed by atoms with Crippen LogP contribution in [-0.2, 0) is 23.6 Å². The van der Waals surface area contributed by atoms with Gasteiger partial charge in [-0.3, -0.25) is 19.7 Å². The molecule has 1 amide bonds. The van der Waals surface area contributed by atoms with Crippen LogP contribution in [0.4, 0.5) is 4.39 Å². The van der Waals surface area contributed by atoms with Crippen LogP contribution in [0.5, 0.6) is 0 Å². The topological polar surface area (TPSA) is 103 Å². The lowest BCUT2D eigenvalue weighted by atomic mass is 9.94. The maximum Gasteiger partial charge on any atom is 0.253 e. The number of halogens is 1. The maximum atomic E-state index is 14.8. The van der Waals surface area contributed by atoms with E-state index in [2.05, 4.69) is 20.3 Å². The Labute approximate surface area is 201 Å². The zero-order chi connectivity index (χ0) is 24.0. The summed E-state index contributed by atoms with van der Waals surface area (Å²) in [6, 6.07) is 7.27. The summed E-state index contributed by atoms with van der Waals surface area (Å²) in [5.41, 5.74) is 3.44. The number of carbonyl (C=O) groups is 1. The second kappa shape index (κ2) is 8.42. The Hall–Kier alpha value is -3.85. The van der Waals surface area contributed by atoms with E-state index in [1.807, 2.05) is 24.4 Å². The van der Waals surface area contributed by atoms with Gasteiger partial charge in [-0.1, -0.05) is 0 Å². The highest BCUT2D eigenvalue weighted by molar-refractivity contribution is 5.94. The molecular weight excluding hydrogens is 447 g/mol. The molecule has 0 radical (unpaired) electrons. The van der Waals surface area contributed by atoms with Crippen LogP contribution in [0, 0.1) is 0 Å². The van der Waals surface area contributed by atoms with Crippen molar-refractivity contribution in [3.05, 3.63) is 77.3 Å². The van der Waals surface area contributed by atoms with E-state index in [0.29, 0.717) is 28.4 Å². The van der Waals surface area contributed by atoms with Crippen LogP contribution in [0.2, 0.25) is 0 Å². The van der Waals surface area contributed by atoms with Gasteiger partial charge in [0.1, 0.15) is 5.69 Å². The number of nitrogens with zero attached hydrogens (tertiary/aromatic N) is 5. The molecule has 1 atom stereocenters. The van der Waals surface area contributed by atoms with Gasteiger partial charge >= 0.3 is 0 Å². The third kappa shape index (κ3) is 4.35. The highest BCUT2D eigenvalue weighted by atomic mass is 19.1. The van der Waals surface area contributed by atoms with E-state index < -0.39 is 5.67 Å². The predicted octanol–water partition coefficient (Wildman–Crippen LogP) is 4.00. The third-order valence-corrected chi connectivity index (χ3v) is 6.38. The van der Waals surface area contributed by atoms with Crippen LogP contribution >= 0.6 is 0 Å². The van der Waals surface area contributed by atoms with E-state index in [1.165, 1.54) is 13.1 Å². The number of alkyl halides is 1. The molecule has 9 heteroatoms. The van der Waals surface area contributed by atoms with Crippen LogP contribution in [0.15, 0.2) is 49.1 Å². The SMILES string of the molecule is C[C@@]1(F)COCc2ncc(C(=O)NCc3cc4nc(-c5cncc(C6CC6)n5)ccc4cn3)cc21. The van der Waals surface area contributed by atoms with Gasteiger partial charge in [0, 0.05) is 35.5 Å². The summed E-state index contributed by atoms with van der Waals surface area (Å²) < 4.78 is 20.1. The fraction of sp³-hybridized carbons (Fsp3) is 0.308. The van der Waals surface area contributed by atoms with Crippen LogP contribution < -0.4 is 5.32 Å². The molecule has 1 fully saturated rings. The normalized spacial score (nSPS) is 19.4. The summed E-state index contributed by atoms with van der Waals surface area (Å²) in [7, 11) is 0. The molecule has 176 valence electrons. The van der Waals surface area contributed by atoms with Crippen molar-refractivity contribution < 1.29 is 13.9 Å². The van der Waals surface area contributed by atoms with Crippen molar-refractivity contribution in [2.24, 2.45) is 0 Å². The number of pyridine rings is 3. The molecular formula is C26H23FN6O2. The fourth-order valence-electron chi connectivity index (χ4n) is 4.25. The molecule has 0 aromatic carbocycles. The lowest BCUT2D eigenvalue weighted by Crippen LogP contribution is -2.31. The third-order valence-electron chi connectivity index (χ3n) is 6.38. The van der Waals surface area contributed by atoms with Crippen molar-refractivity contribution in [1.82, 2.24) is 30.2 Å². The summed E-state index contributed by atoms with van der Waals surface area (Å²) in [4.78, 5) is 35.2. The standard InChI is InChI=1S/C26H23FN6O2/c1-26(27)14-35-13-24-19(26)6-17(9-30-24)25(34)31-10-18-7-21-16(8-29-18)4-5-20(32-21)23-12-28-11-22(33-23)15-2-3-15/h4-9,11-12,15H,2-3,10,13-14H2,1H3,(H,31,34)/t26-/m1/s1. The number of rotatable bonds is 5. The van der Waals surface area contributed by atoms with E-state index in [4.69, 9.17) is 14.7 Å². The van der Waals surface area contributed by atoms with Crippen molar-refractivity contribution in [2.75, 3.05) is 6.61 Å². The first-order chi connectivity index (χ1) is 17.0. The number of aromatic nitrogens is 5. The number of carbonyl (C=O) groups excluding carboxylic acids is 1. The molecule has 35 heavy (non-hydrogen) atoms. The summed E-state index contributed by atoms with van der Waals surface area (Å²) in [5, 5.41) is 3.73. The van der Waals surface area contributed by atoms with E-state index >= 15 is 0 Å². The Morgan fingerprint density at radius 1 is 1.11 bits per heavy atom. The van der Waals surface area contributed by atoms with Crippen molar-refractivity contribution >= 4 is 16.8 Å². The first kappa shape index (κ1) is 21.7. The molecule has 0 bridgehead atoms. The molecule has 0 saturated heterocycles. The van der Waals surface area contributed by atoms with Crippen LogP contribution in [0.1, 0.15) is 58.7 Å². The highest BCUT2D eigenvalue weighted by Gasteiger charge is 2.34. The minimum absolute atomic E-state index is 0.0563. The Bertz CT molecular complexity index is 1450. The number of amides is 1. The molecule has 4 aromatic rings. The summed E-state index contributed by atoms with van der Waals surface area (Å²) >= 11 is 0. The summed E-state index contributed by atoms with van der Waals surface area (Å²) in [6.45, 7) is 1.82. The fourth-order valence-corrected chi connectivity index (χ4v) is 4.25. The molecule has 5 heterocycles. The van der Waals surface area contributed by atoms with Crippen LogP contribution in [0.25, 0.3) is 22.3 Å². The lowest BCUT2D eigenvalue weighted by molar-refractivity contribution is -0.00692. The van der Waals surface area contributed by atoms with Gasteiger partial charge in [-0.2, -0.15) is 0 Å². The summed E-state index contributed by atoms with van der Waals surface area (Å²) in [5.74, 6) is 0.165. The van der Waals surface area contributed by atoms with Gasteiger partial charge in [0.25, 0.3) is 5.91 Å². The summed E-state index contributed by atoms with van der Waals surface area (Å²) in [6.07, 6.45) is 9.04. The van der Waals surface area contributed by atoms with Crippen LogP contribution in [0.3, 0.4) is 0 Å². The average molecular weight is 471 g/mol. The lowest BCUT2D eigenvalue weighted by Gasteiger charge is -2.28. The highest BCUT2D eigenvalue weighted by Crippen LogP contribution is 2.39. The number of ether oxygens (including phenoxy) is 1. The molecule has 1 saturated carbocycles. The number of hydrogen-bond donors (Lipinski definition) is 1. The predicted molar refractivity (Wildman–Crippen MR) is 126 cm³/mol. The van der Waals surface area contributed by atoms with Crippen molar-refractivity contribution in [3.8, 4) is 11.4 Å². The van der Waals surface area contributed by atoms with Crippen LogP contribution in [-0.4, -0.2) is 37.4 Å². The Balaban J connectivity index is 1.20. The zero-order valence-corrected chi connectivity index (χ0v) is 19.2. The van der Waals surface area contributed by atoms with E-state index in [-0.39, 0.29) is 25.7 Å². The van der Waals surface area contributed by atoms with E-state index in [0.717, 1.165) is 40.8 Å². The van der Waals surface area contributed by atoms with E-state index in [1.54, 1.807) is 18.5 Å². The van der Waals surface area contributed by atoms with E-state index in [9.17, 15) is 9.18 Å². The molecule has 4 aromatic heterocycles. The first-order valence-corrected chi connectivity index (χ1v) is 11.6. The van der Waals surface area contributed by atoms with Crippen molar-refractivity contribution in [3.63, 3.8) is 0 Å². The second-order valence-electron chi connectivity index (χ2n) is 9.26. The van der Waals surface area contributed by atoms with Gasteiger partial charge in [0.15, 0.2) is 5.67 Å². The smallest absolute Gasteiger partial charge is 0.253 e. The van der Waals surface area contributed by atoms with Gasteiger partial charge in [-0.25, -0.2) is 14.4 Å². The zero-order valence-electron chi connectivity index (χ0n) is 19.2. The van der Waals surface area contributed by atoms with Gasteiger partial charge in [0.05, 0.1) is 59.8 Å². The number of hydrogen-bond acceptors (Lipinski definition) is 7. The monoisotopic (exact) mass is 470 g/mol. The largest absolute Gasteiger partial charge is 0.371 e. The molecule has 1 aliphatic heterocycles. The second-order valence-corrected chi connectivity index (χ2v) is 9.26. The molecule has 0 unspecified atom stereocenters.